The Kier molecular flexibility index (Phi) is 6.86. The molecule has 2 nitrogen and oxygen atoms in total. The lowest BCUT2D eigenvalue weighted by molar-refractivity contribution is 0.0613. The van der Waals surface area contributed by atoms with Gasteiger partial charge in [0.2, 0.25) is 0 Å². The summed E-state index contributed by atoms with van der Waals surface area (Å²) in [6.45, 7) is 4.05. The van der Waals surface area contributed by atoms with Gasteiger partial charge in [-0.2, -0.15) is 0 Å². The first kappa shape index (κ1) is 13.2. The van der Waals surface area contributed by atoms with E-state index in [0.717, 1.165) is 26.0 Å². The van der Waals surface area contributed by atoms with Crippen LogP contribution < -0.4 is 5.32 Å². The highest BCUT2D eigenvalue weighted by molar-refractivity contribution is 5.14. The molecule has 1 rings (SSSR count). The number of nitrogens with one attached hydrogen (secondary N) is 1. The Morgan fingerprint density at radius 1 is 1.25 bits per heavy atom. The molecule has 0 saturated heterocycles. The third-order valence-corrected chi connectivity index (χ3v) is 2.67. The minimum absolute atomic E-state index is 0.372. The van der Waals surface area contributed by atoms with Gasteiger partial charge in [0.15, 0.2) is 0 Å². The van der Waals surface area contributed by atoms with Gasteiger partial charge in [-0.1, -0.05) is 30.3 Å². The predicted octanol–water partition coefficient (Wildman–Crippen LogP) is 2.63. The second kappa shape index (κ2) is 8.31. The van der Waals surface area contributed by atoms with Gasteiger partial charge in [-0.3, -0.25) is 0 Å². The number of rotatable bonds is 8. The van der Waals surface area contributed by atoms with Crippen molar-refractivity contribution in [2.75, 3.05) is 20.2 Å². The van der Waals surface area contributed by atoms with Crippen molar-refractivity contribution in [2.24, 2.45) is 0 Å². The lowest BCUT2D eigenvalue weighted by Gasteiger charge is -2.12. The molecule has 0 radical (unpaired) electrons. The van der Waals surface area contributed by atoms with Crippen molar-refractivity contribution in [2.45, 2.75) is 32.3 Å². The van der Waals surface area contributed by atoms with E-state index in [1.807, 2.05) is 13.1 Å². The van der Waals surface area contributed by atoms with Crippen molar-refractivity contribution in [3.63, 3.8) is 0 Å². The smallest absolute Gasteiger partial charge is 0.0547 e. The van der Waals surface area contributed by atoms with Crippen LogP contribution in [-0.4, -0.2) is 26.3 Å². The van der Waals surface area contributed by atoms with E-state index >= 15 is 0 Å². The topological polar surface area (TPSA) is 21.3 Å². The average Bonchev–Trinajstić information content (AvgIpc) is 2.31. The molecule has 0 aromatic heterocycles. The zero-order valence-electron chi connectivity index (χ0n) is 10.4. The molecule has 0 heterocycles. The first-order valence-corrected chi connectivity index (χ1v) is 6.13. The predicted molar refractivity (Wildman–Crippen MR) is 68.7 cm³/mol. The van der Waals surface area contributed by atoms with Crippen LogP contribution in [-0.2, 0) is 11.2 Å². The molecule has 1 aromatic rings. The van der Waals surface area contributed by atoms with Gasteiger partial charge in [0.25, 0.3) is 0 Å². The summed E-state index contributed by atoms with van der Waals surface area (Å²) in [4.78, 5) is 0. The summed E-state index contributed by atoms with van der Waals surface area (Å²) >= 11 is 0. The average molecular weight is 221 g/mol. The van der Waals surface area contributed by atoms with E-state index < -0.39 is 0 Å². The summed E-state index contributed by atoms with van der Waals surface area (Å²) in [6, 6.07) is 10.5. The molecular weight excluding hydrogens is 198 g/mol. The van der Waals surface area contributed by atoms with Crippen LogP contribution in [0.3, 0.4) is 0 Å². The molecule has 0 aliphatic rings. The molecular formula is C14H23NO. The van der Waals surface area contributed by atoms with Crippen LogP contribution in [0.15, 0.2) is 30.3 Å². The number of hydrogen-bond acceptors (Lipinski definition) is 2. The molecule has 1 aromatic carbocycles. The molecule has 0 amide bonds. The van der Waals surface area contributed by atoms with Gasteiger partial charge >= 0.3 is 0 Å². The van der Waals surface area contributed by atoms with Crippen molar-refractivity contribution in [3.8, 4) is 0 Å². The molecule has 0 aliphatic heterocycles. The van der Waals surface area contributed by atoms with Crippen LogP contribution >= 0.6 is 0 Å². The van der Waals surface area contributed by atoms with E-state index in [2.05, 4.69) is 36.5 Å². The molecule has 16 heavy (non-hydrogen) atoms. The second-order valence-electron chi connectivity index (χ2n) is 4.16. The fraction of sp³-hybridized carbons (Fsp3) is 0.571. The standard InChI is InChI=1S/C14H23NO/c1-13(7-6-11-15-2)16-12-10-14-8-4-3-5-9-14/h3-5,8-9,13,15H,6-7,10-12H2,1-2H3. The van der Waals surface area contributed by atoms with Crippen molar-refractivity contribution >= 4 is 0 Å². The first-order valence-electron chi connectivity index (χ1n) is 6.13. The summed E-state index contributed by atoms with van der Waals surface area (Å²) in [6.07, 6.45) is 3.70. The summed E-state index contributed by atoms with van der Waals surface area (Å²) in [5, 5.41) is 3.15. The maximum absolute atomic E-state index is 5.76. The van der Waals surface area contributed by atoms with Gasteiger partial charge in [-0.15, -0.1) is 0 Å². The van der Waals surface area contributed by atoms with Crippen molar-refractivity contribution in [3.05, 3.63) is 35.9 Å². The Bertz CT molecular complexity index is 261. The van der Waals surface area contributed by atoms with Gasteiger partial charge in [0.1, 0.15) is 0 Å². The van der Waals surface area contributed by atoms with Gasteiger partial charge in [0, 0.05) is 0 Å². The molecule has 1 unspecified atom stereocenters. The summed E-state index contributed by atoms with van der Waals surface area (Å²) in [5.74, 6) is 0. The fourth-order valence-corrected chi connectivity index (χ4v) is 1.67. The lowest BCUT2D eigenvalue weighted by Crippen LogP contribution is -2.14. The van der Waals surface area contributed by atoms with Crippen LogP contribution in [0.1, 0.15) is 25.3 Å². The van der Waals surface area contributed by atoms with Crippen molar-refractivity contribution in [1.82, 2.24) is 5.32 Å². The Morgan fingerprint density at radius 3 is 2.69 bits per heavy atom. The Balaban J connectivity index is 2.06. The number of hydrogen-bond donors (Lipinski definition) is 1. The molecule has 90 valence electrons. The molecule has 0 saturated carbocycles. The van der Waals surface area contributed by atoms with Crippen LogP contribution in [0.2, 0.25) is 0 Å². The zero-order valence-corrected chi connectivity index (χ0v) is 10.4. The van der Waals surface area contributed by atoms with Crippen LogP contribution in [0.25, 0.3) is 0 Å². The highest BCUT2D eigenvalue weighted by atomic mass is 16.5. The molecule has 1 N–H and O–H groups in total. The summed E-state index contributed by atoms with van der Waals surface area (Å²) in [5.41, 5.74) is 1.35. The van der Waals surface area contributed by atoms with E-state index in [0.29, 0.717) is 6.10 Å². The van der Waals surface area contributed by atoms with Gasteiger partial charge in [-0.05, 0) is 45.3 Å². The zero-order chi connectivity index (χ0) is 11.6. The van der Waals surface area contributed by atoms with Crippen molar-refractivity contribution < 1.29 is 4.74 Å². The molecule has 0 spiro atoms. The second-order valence-corrected chi connectivity index (χ2v) is 4.16. The van der Waals surface area contributed by atoms with E-state index in [1.54, 1.807) is 0 Å². The molecule has 1 atom stereocenters. The Morgan fingerprint density at radius 2 is 2.00 bits per heavy atom. The number of benzene rings is 1. The van der Waals surface area contributed by atoms with E-state index in [1.165, 1.54) is 12.0 Å². The third-order valence-electron chi connectivity index (χ3n) is 2.67. The lowest BCUT2D eigenvalue weighted by atomic mass is 10.1. The highest BCUT2D eigenvalue weighted by Crippen LogP contribution is 2.04. The monoisotopic (exact) mass is 221 g/mol. The van der Waals surface area contributed by atoms with E-state index in [9.17, 15) is 0 Å². The van der Waals surface area contributed by atoms with Crippen LogP contribution in [0.4, 0.5) is 0 Å². The summed E-state index contributed by atoms with van der Waals surface area (Å²) < 4.78 is 5.76. The molecule has 0 aliphatic carbocycles. The van der Waals surface area contributed by atoms with Crippen LogP contribution in [0, 0.1) is 0 Å². The van der Waals surface area contributed by atoms with Crippen LogP contribution in [0.5, 0.6) is 0 Å². The van der Waals surface area contributed by atoms with Gasteiger partial charge in [-0.25, -0.2) is 0 Å². The van der Waals surface area contributed by atoms with E-state index in [4.69, 9.17) is 4.74 Å². The largest absolute Gasteiger partial charge is 0.378 e. The number of ether oxygens (including phenoxy) is 1. The van der Waals surface area contributed by atoms with Crippen molar-refractivity contribution in [1.29, 1.82) is 0 Å². The minimum atomic E-state index is 0.372. The molecule has 2 heteroatoms. The quantitative estimate of drug-likeness (QED) is 0.681. The maximum atomic E-state index is 5.76. The molecule has 0 bridgehead atoms. The Hall–Kier alpha value is -0.860. The SMILES string of the molecule is CNCCCC(C)OCCc1ccccc1. The molecule has 0 fully saturated rings. The fourth-order valence-electron chi connectivity index (χ4n) is 1.67. The third kappa shape index (κ3) is 5.89. The Labute approximate surface area is 99.0 Å². The summed E-state index contributed by atoms with van der Waals surface area (Å²) in [7, 11) is 1.99. The first-order chi connectivity index (χ1) is 7.83. The minimum Gasteiger partial charge on any atom is -0.378 e. The van der Waals surface area contributed by atoms with E-state index in [-0.39, 0.29) is 0 Å². The maximum Gasteiger partial charge on any atom is 0.0547 e. The normalized spacial score (nSPS) is 12.6. The van der Waals surface area contributed by atoms with Gasteiger partial charge < -0.3 is 10.1 Å². The van der Waals surface area contributed by atoms with Gasteiger partial charge in [0.05, 0.1) is 12.7 Å². The highest BCUT2D eigenvalue weighted by Gasteiger charge is 2.01.